The number of nitrogens with zero attached hydrogens (tertiary/aromatic N) is 5. The van der Waals surface area contributed by atoms with Gasteiger partial charge in [-0.1, -0.05) is 72.8 Å². The van der Waals surface area contributed by atoms with Crippen molar-refractivity contribution >= 4 is 38.3 Å². The zero-order valence-corrected chi connectivity index (χ0v) is 23.3. The fourth-order valence-electron chi connectivity index (χ4n) is 5.83. The summed E-state index contributed by atoms with van der Waals surface area (Å²) in [5, 5.41) is 4.59. The highest BCUT2D eigenvalue weighted by Gasteiger charge is 2.18. The third-order valence-electron chi connectivity index (χ3n) is 7.92. The molecule has 0 radical (unpaired) electrons. The molecule has 0 aliphatic heterocycles. The second kappa shape index (κ2) is 10.3. The number of rotatable bonds is 4. The van der Waals surface area contributed by atoms with Crippen LogP contribution in [-0.2, 0) is 0 Å². The molecule has 0 aliphatic carbocycles. The van der Waals surface area contributed by atoms with Gasteiger partial charge in [0.1, 0.15) is 5.82 Å². The molecule has 6 aromatic carbocycles. The van der Waals surface area contributed by atoms with Gasteiger partial charge in [-0.15, -0.1) is 0 Å². The Balaban J connectivity index is 1.40. The minimum Gasteiger partial charge on any atom is -0.309 e. The second-order valence-electron chi connectivity index (χ2n) is 10.6. The lowest BCUT2D eigenvalue weighted by molar-refractivity contribution is 0.628. The standard InChI is InChI=1S/C38H22FN5/c1-40-29-19-13-26(14-20-29)37-41-36(25-11-17-28(39)18-12-25)42-38(43-37)27-16-21-33-32(23-27)35-31-10-6-5-7-24(31)15-22-34(35)44(33)30-8-3-2-4-9-30/h2-23H. The van der Waals surface area contributed by atoms with Crippen LogP contribution in [0.2, 0.25) is 0 Å². The third kappa shape index (κ3) is 4.27. The van der Waals surface area contributed by atoms with E-state index in [1.807, 2.05) is 24.3 Å². The van der Waals surface area contributed by atoms with Gasteiger partial charge in [0.15, 0.2) is 23.2 Å². The summed E-state index contributed by atoms with van der Waals surface area (Å²) in [6.07, 6.45) is 0. The molecule has 0 spiro atoms. The van der Waals surface area contributed by atoms with Gasteiger partial charge in [-0.2, -0.15) is 0 Å². The maximum Gasteiger partial charge on any atom is 0.187 e. The summed E-state index contributed by atoms with van der Waals surface area (Å²) < 4.78 is 16.1. The van der Waals surface area contributed by atoms with Gasteiger partial charge in [-0.3, -0.25) is 0 Å². The van der Waals surface area contributed by atoms with Crippen LogP contribution in [0.1, 0.15) is 0 Å². The van der Waals surface area contributed by atoms with E-state index in [-0.39, 0.29) is 5.82 Å². The number of benzene rings is 6. The van der Waals surface area contributed by atoms with Crippen LogP contribution in [-0.4, -0.2) is 19.5 Å². The Bertz CT molecular complexity index is 2390. The average molecular weight is 568 g/mol. The maximum atomic E-state index is 13.8. The molecular weight excluding hydrogens is 545 g/mol. The molecule has 0 atom stereocenters. The summed E-state index contributed by atoms with van der Waals surface area (Å²) in [6, 6.07) is 42.8. The summed E-state index contributed by atoms with van der Waals surface area (Å²) in [6.45, 7) is 7.31. The van der Waals surface area contributed by atoms with Crippen LogP contribution in [0.15, 0.2) is 133 Å². The minimum atomic E-state index is -0.328. The average Bonchev–Trinajstić information content (AvgIpc) is 3.43. The van der Waals surface area contributed by atoms with Crippen molar-refractivity contribution in [3.8, 4) is 39.9 Å². The summed E-state index contributed by atoms with van der Waals surface area (Å²) in [5.41, 5.74) is 6.09. The van der Waals surface area contributed by atoms with E-state index in [0.717, 1.165) is 38.6 Å². The van der Waals surface area contributed by atoms with Gasteiger partial charge >= 0.3 is 0 Å². The Morgan fingerprint density at radius 3 is 1.84 bits per heavy atom. The van der Waals surface area contributed by atoms with Gasteiger partial charge in [-0.05, 0) is 71.4 Å². The van der Waals surface area contributed by atoms with Gasteiger partial charge in [0.2, 0.25) is 0 Å². The lowest BCUT2D eigenvalue weighted by Crippen LogP contribution is -2.00. The number of halogens is 1. The van der Waals surface area contributed by atoms with Crippen molar-refractivity contribution in [3.63, 3.8) is 0 Å². The highest BCUT2D eigenvalue weighted by atomic mass is 19.1. The van der Waals surface area contributed by atoms with E-state index in [2.05, 4.69) is 82.2 Å². The lowest BCUT2D eigenvalue weighted by Gasteiger charge is -2.10. The van der Waals surface area contributed by atoms with Crippen LogP contribution in [0, 0.1) is 12.4 Å². The molecule has 0 N–H and O–H groups in total. The largest absolute Gasteiger partial charge is 0.309 e. The smallest absolute Gasteiger partial charge is 0.187 e. The number of para-hydroxylation sites is 1. The van der Waals surface area contributed by atoms with Crippen molar-refractivity contribution in [2.45, 2.75) is 0 Å². The molecule has 0 fully saturated rings. The Hall–Kier alpha value is -6.19. The fourth-order valence-corrected chi connectivity index (χ4v) is 5.83. The van der Waals surface area contributed by atoms with Crippen molar-refractivity contribution < 1.29 is 4.39 Å². The van der Waals surface area contributed by atoms with E-state index in [9.17, 15) is 4.39 Å². The monoisotopic (exact) mass is 567 g/mol. The molecule has 44 heavy (non-hydrogen) atoms. The Kier molecular flexibility index (Phi) is 5.95. The summed E-state index contributed by atoms with van der Waals surface area (Å²) in [7, 11) is 0. The van der Waals surface area contributed by atoms with Gasteiger partial charge in [0.25, 0.3) is 0 Å². The molecule has 0 unspecified atom stereocenters. The van der Waals surface area contributed by atoms with Crippen molar-refractivity contribution in [2.24, 2.45) is 0 Å². The normalized spacial score (nSPS) is 11.3. The minimum absolute atomic E-state index is 0.328. The predicted molar refractivity (Wildman–Crippen MR) is 174 cm³/mol. The highest BCUT2D eigenvalue weighted by Crippen LogP contribution is 2.38. The van der Waals surface area contributed by atoms with Crippen molar-refractivity contribution in [1.29, 1.82) is 0 Å². The first-order valence-electron chi connectivity index (χ1n) is 14.2. The van der Waals surface area contributed by atoms with E-state index in [0.29, 0.717) is 28.7 Å². The van der Waals surface area contributed by atoms with Crippen LogP contribution >= 0.6 is 0 Å². The van der Waals surface area contributed by atoms with E-state index >= 15 is 0 Å². The van der Waals surface area contributed by atoms with Crippen LogP contribution in [0.4, 0.5) is 10.1 Å². The molecule has 8 aromatic rings. The van der Waals surface area contributed by atoms with Crippen LogP contribution < -0.4 is 0 Å². The molecule has 0 saturated heterocycles. The summed E-state index contributed by atoms with van der Waals surface area (Å²) in [5.74, 6) is 1.09. The molecule has 2 aromatic heterocycles. The SMILES string of the molecule is [C-]#[N+]c1ccc(-c2nc(-c3ccc(F)cc3)nc(-c3ccc4c(c3)c3c5ccccc5ccc3n4-c3ccccc3)n2)cc1. The molecule has 206 valence electrons. The van der Waals surface area contributed by atoms with Gasteiger partial charge in [0, 0.05) is 33.2 Å². The first kappa shape index (κ1) is 25.5. The second-order valence-corrected chi connectivity index (χ2v) is 10.6. The van der Waals surface area contributed by atoms with E-state index in [1.165, 1.54) is 22.9 Å². The molecule has 0 amide bonds. The molecule has 2 heterocycles. The predicted octanol–water partition coefficient (Wildman–Crippen LogP) is 9.81. The zero-order chi connectivity index (χ0) is 29.6. The third-order valence-corrected chi connectivity index (χ3v) is 7.92. The van der Waals surface area contributed by atoms with E-state index in [4.69, 9.17) is 21.5 Å². The van der Waals surface area contributed by atoms with E-state index < -0.39 is 0 Å². The van der Waals surface area contributed by atoms with Crippen LogP contribution in [0.5, 0.6) is 0 Å². The first-order valence-corrected chi connectivity index (χ1v) is 14.2. The molecule has 0 saturated carbocycles. The van der Waals surface area contributed by atoms with Crippen molar-refractivity contribution in [1.82, 2.24) is 19.5 Å². The molecule has 5 nitrogen and oxygen atoms in total. The molecule has 6 heteroatoms. The maximum absolute atomic E-state index is 13.8. The lowest BCUT2D eigenvalue weighted by atomic mass is 10.0. The van der Waals surface area contributed by atoms with Crippen LogP contribution in [0.25, 0.3) is 77.3 Å². The topological polar surface area (TPSA) is 48.0 Å². The van der Waals surface area contributed by atoms with Crippen molar-refractivity contribution in [2.75, 3.05) is 0 Å². The Morgan fingerprint density at radius 2 is 1.14 bits per heavy atom. The highest BCUT2D eigenvalue weighted by molar-refractivity contribution is 6.21. The van der Waals surface area contributed by atoms with E-state index in [1.54, 1.807) is 24.3 Å². The molecule has 8 rings (SSSR count). The molecule has 0 aliphatic rings. The molecule has 0 bridgehead atoms. The fraction of sp³-hybridized carbons (Fsp3) is 0. The zero-order valence-electron chi connectivity index (χ0n) is 23.3. The quantitative estimate of drug-likeness (QED) is 0.199. The molecular formula is C38H22FN5. The first-order chi connectivity index (χ1) is 21.7. The van der Waals surface area contributed by atoms with Gasteiger partial charge < -0.3 is 4.57 Å². The number of hydrogen-bond acceptors (Lipinski definition) is 3. The number of fused-ring (bicyclic) bond motifs is 5. The van der Waals surface area contributed by atoms with Crippen LogP contribution in [0.3, 0.4) is 0 Å². The Labute approximate surface area is 252 Å². The summed E-state index contributed by atoms with van der Waals surface area (Å²) in [4.78, 5) is 18.0. The number of aromatic nitrogens is 4. The summed E-state index contributed by atoms with van der Waals surface area (Å²) >= 11 is 0. The van der Waals surface area contributed by atoms with Crippen molar-refractivity contribution in [3.05, 3.63) is 151 Å². The Morgan fingerprint density at radius 1 is 0.545 bits per heavy atom. The number of hydrogen-bond donors (Lipinski definition) is 0. The van der Waals surface area contributed by atoms with Gasteiger partial charge in [-0.25, -0.2) is 24.2 Å². The van der Waals surface area contributed by atoms with Gasteiger partial charge in [0.05, 0.1) is 17.6 Å².